The molecule has 1 atom stereocenters. The lowest BCUT2D eigenvalue weighted by Gasteiger charge is -2.25. The van der Waals surface area contributed by atoms with E-state index in [4.69, 9.17) is 9.47 Å². The van der Waals surface area contributed by atoms with E-state index in [1.54, 1.807) is 41.3 Å². The van der Waals surface area contributed by atoms with Gasteiger partial charge in [0.15, 0.2) is 0 Å². The Kier molecular flexibility index (Phi) is 8.89. The molecule has 37 heavy (non-hydrogen) atoms. The van der Waals surface area contributed by atoms with Crippen LogP contribution in [0, 0.1) is 0 Å². The van der Waals surface area contributed by atoms with Gasteiger partial charge in [-0.05, 0) is 73.4 Å². The van der Waals surface area contributed by atoms with Crippen LogP contribution in [0.4, 0.5) is 5.69 Å². The van der Waals surface area contributed by atoms with E-state index >= 15 is 0 Å². The number of para-hydroxylation sites is 1. The van der Waals surface area contributed by atoms with Gasteiger partial charge in [-0.3, -0.25) is 14.9 Å². The van der Waals surface area contributed by atoms with Crippen molar-refractivity contribution in [2.75, 3.05) is 25.5 Å². The van der Waals surface area contributed by atoms with Crippen molar-refractivity contribution in [3.63, 3.8) is 0 Å². The number of anilines is 1. The Hall–Kier alpha value is -4.17. The molecule has 2 N–H and O–H groups in total. The number of nitrogens with zero attached hydrogens (tertiary/aromatic N) is 1. The van der Waals surface area contributed by atoms with Crippen LogP contribution in [0.1, 0.15) is 35.2 Å². The summed E-state index contributed by atoms with van der Waals surface area (Å²) in [5, 5.41) is 5.99. The van der Waals surface area contributed by atoms with E-state index in [9.17, 15) is 14.4 Å². The number of likely N-dealkylation sites (tertiary alicyclic amines) is 1. The van der Waals surface area contributed by atoms with Gasteiger partial charge < -0.3 is 19.7 Å². The van der Waals surface area contributed by atoms with Crippen LogP contribution in [0.2, 0.25) is 0 Å². The van der Waals surface area contributed by atoms with E-state index < -0.39 is 12.0 Å². The first-order valence-electron chi connectivity index (χ1n) is 12.3. The third kappa shape index (κ3) is 7.41. The Balaban J connectivity index is 1.27. The predicted molar refractivity (Wildman–Crippen MR) is 140 cm³/mol. The highest BCUT2D eigenvalue weighted by atomic mass is 16.5. The fourth-order valence-electron chi connectivity index (χ4n) is 4.19. The number of hydrogen-bond donors (Lipinski definition) is 2. The van der Waals surface area contributed by atoms with Crippen molar-refractivity contribution >= 4 is 23.5 Å². The van der Waals surface area contributed by atoms with Gasteiger partial charge in [-0.2, -0.15) is 0 Å². The number of carbonyl (C=O) groups excluding carboxylic acids is 3. The molecule has 1 aliphatic heterocycles. The van der Waals surface area contributed by atoms with Gasteiger partial charge in [-0.15, -0.1) is 0 Å². The molecule has 4 rings (SSSR count). The van der Waals surface area contributed by atoms with Crippen LogP contribution in [0.25, 0.3) is 0 Å². The van der Waals surface area contributed by atoms with Gasteiger partial charge in [-0.25, -0.2) is 4.79 Å². The van der Waals surface area contributed by atoms with Crippen molar-refractivity contribution in [1.82, 2.24) is 10.2 Å². The molecule has 8 nitrogen and oxygen atoms in total. The number of methoxy groups -OCH3 is 1. The molecule has 0 unspecified atom stereocenters. The van der Waals surface area contributed by atoms with Crippen molar-refractivity contribution in [3.8, 4) is 11.5 Å². The Bertz CT molecular complexity index is 1200. The van der Waals surface area contributed by atoms with Gasteiger partial charge in [0.2, 0.25) is 11.8 Å². The number of benzene rings is 3. The lowest BCUT2D eigenvalue weighted by Crippen LogP contribution is -2.47. The SMILES string of the molecule is COC(=O)c1ccc(CN2CCCC[C@H](NCC(=O)Nc3ccc(Oc4ccccc4)cc3)C2=O)cc1. The molecule has 0 radical (unpaired) electrons. The minimum Gasteiger partial charge on any atom is -0.465 e. The smallest absolute Gasteiger partial charge is 0.337 e. The van der Waals surface area contributed by atoms with E-state index in [1.807, 2.05) is 42.5 Å². The number of rotatable bonds is 9. The highest BCUT2D eigenvalue weighted by Crippen LogP contribution is 2.22. The van der Waals surface area contributed by atoms with Crippen molar-refractivity contribution in [2.24, 2.45) is 0 Å². The van der Waals surface area contributed by atoms with E-state index in [1.165, 1.54) is 7.11 Å². The summed E-state index contributed by atoms with van der Waals surface area (Å²) in [5.41, 5.74) is 2.05. The fraction of sp³-hybridized carbons (Fsp3) is 0.276. The van der Waals surface area contributed by atoms with Gasteiger partial charge in [-0.1, -0.05) is 30.3 Å². The fourth-order valence-corrected chi connectivity index (χ4v) is 4.19. The largest absolute Gasteiger partial charge is 0.465 e. The quantitative estimate of drug-likeness (QED) is 0.423. The summed E-state index contributed by atoms with van der Waals surface area (Å²) in [6.07, 6.45) is 2.47. The Morgan fingerprint density at radius 1 is 0.919 bits per heavy atom. The molecule has 3 aromatic carbocycles. The normalized spacial score (nSPS) is 15.5. The van der Waals surface area contributed by atoms with Gasteiger partial charge in [0, 0.05) is 18.8 Å². The van der Waals surface area contributed by atoms with Crippen LogP contribution in [-0.4, -0.2) is 48.9 Å². The van der Waals surface area contributed by atoms with Crippen LogP contribution in [0.5, 0.6) is 11.5 Å². The lowest BCUT2D eigenvalue weighted by molar-refractivity contribution is -0.133. The average Bonchev–Trinajstić information content (AvgIpc) is 3.10. The van der Waals surface area contributed by atoms with Gasteiger partial charge in [0.1, 0.15) is 11.5 Å². The van der Waals surface area contributed by atoms with Gasteiger partial charge in [0.25, 0.3) is 0 Å². The zero-order valence-corrected chi connectivity index (χ0v) is 20.8. The van der Waals surface area contributed by atoms with Gasteiger partial charge >= 0.3 is 5.97 Å². The van der Waals surface area contributed by atoms with Crippen LogP contribution in [0.15, 0.2) is 78.9 Å². The first-order chi connectivity index (χ1) is 18.0. The van der Waals surface area contributed by atoms with Crippen LogP contribution in [-0.2, 0) is 20.9 Å². The van der Waals surface area contributed by atoms with Crippen molar-refractivity contribution in [3.05, 3.63) is 90.0 Å². The molecular formula is C29H31N3O5. The number of amides is 2. The summed E-state index contributed by atoms with van der Waals surface area (Å²) in [7, 11) is 1.34. The average molecular weight is 502 g/mol. The van der Waals surface area contributed by atoms with E-state index in [0.717, 1.165) is 24.2 Å². The summed E-state index contributed by atoms with van der Waals surface area (Å²) in [6.45, 7) is 1.13. The summed E-state index contributed by atoms with van der Waals surface area (Å²) in [5.74, 6) is 0.773. The topological polar surface area (TPSA) is 97.0 Å². The molecule has 192 valence electrons. The number of hydrogen-bond acceptors (Lipinski definition) is 6. The monoisotopic (exact) mass is 501 g/mol. The second kappa shape index (κ2) is 12.7. The highest BCUT2D eigenvalue weighted by Gasteiger charge is 2.27. The second-order valence-electron chi connectivity index (χ2n) is 8.87. The Morgan fingerprint density at radius 2 is 1.62 bits per heavy atom. The maximum absolute atomic E-state index is 13.2. The van der Waals surface area contributed by atoms with Gasteiger partial charge in [0.05, 0.1) is 25.3 Å². The van der Waals surface area contributed by atoms with E-state index in [-0.39, 0.29) is 18.4 Å². The minimum atomic E-state index is -0.427. The highest BCUT2D eigenvalue weighted by molar-refractivity contribution is 5.93. The Morgan fingerprint density at radius 3 is 2.32 bits per heavy atom. The molecule has 0 saturated carbocycles. The minimum absolute atomic E-state index is 0.0234. The maximum atomic E-state index is 13.2. The lowest BCUT2D eigenvalue weighted by atomic mass is 10.1. The van der Waals surface area contributed by atoms with E-state index in [2.05, 4.69) is 10.6 Å². The van der Waals surface area contributed by atoms with Crippen LogP contribution < -0.4 is 15.4 Å². The molecule has 1 fully saturated rings. The first kappa shape index (κ1) is 25.9. The van der Waals surface area contributed by atoms with Crippen molar-refractivity contribution < 1.29 is 23.9 Å². The van der Waals surface area contributed by atoms with Crippen molar-refractivity contribution in [1.29, 1.82) is 0 Å². The molecule has 3 aromatic rings. The molecule has 8 heteroatoms. The zero-order valence-electron chi connectivity index (χ0n) is 20.8. The maximum Gasteiger partial charge on any atom is 0.337 e. The van der Waals surface area contributed by atoms with Crippen LogP contribution >= 0.6 is 0 Å². The molecule has 0 spiro atoms. The summed E-state index contributed by atoms with van der Waals surface area (Å²) < 4.78 is 10.5. The third-order valence-electron chi connectivity index (χ3n) is 6.16. The zero-order chi connectivity index (χ0) is 26.0. The van der Waals surface area contributed by atoms with Crippen LogP contribution in [0.3, 0.4) is 0 Å². The number of esters is 1. The number of nitrogens with one attached hydrogen (secondary N) is 2. The number of carbonyl (C=O) groups is 3. The molecule has 1 heterocycles. The second-order valence-corrected chi connectivity index (χ2v) is 8.87. The number of ether oxygens (including phenoxy) is 2. The standard InChI is InChI=1S/C29H31N3O5/c1-36-29(35)22-12-10-21(11-13-22)20-32-18-6-5-9-26(28(32)34)30-19-27(33)31-23-14-16-25(17-15-23)37-24-7-3-2-4-8-24/h2-4,7-8,10-17,26,30H,5-6,9,18-20H2,1H3,(H,31,33)/t26-/m0/s1. The molecule has 0 bridgehead atoms. The van der Waals surface area contributed by atoms with E-state index in [0.29, 0.717) is 36.5 Å². The summed E-state index contributed by atoms with van der Waals surface area (Å²) in [6, 6.07) is 23.2. The molecule has 0 aliphatic carbocycles. The van der Waals surface area contributed by atoms with Crippen molar-refractivity contribution in [2.45, 2.75) is 31.8 Å². The molecule has 2 amide bonds. The molecular weight excluding hydrogens is 470 g/mol. The third-order valence-corrected chi connectivity index (χ3v) is 6.16. The first-order valence-corrected chi connectivity index (χ1v) is 12.3. The summed E-state index contributed by atoms with van der Waals surface area (Å²) >= 11 is 0. The molecule has 1 aliphatic rings. The Labute approximate surface area is 216 Å². The molecule has 1 saturated heterocycles. The summed E-state index contributed by atoms with van der Waals surface area (Å²) in [4.78, 5) is 39.2. The predicted octanol–water partition coefficient (Wildman–Crippen LogP) is 4.37. The molecule has 0 aromatic heterocycles.